The highest BCUT2D eigenvalue weighted by molar-refractivity contribution is 5.77. The van der Waals surface area contributed by atoms with Crippen molar-refractivity contribution in [2.75, 3.05) is 33.9 Å². The number of carbonyl (C=O) groups excluding carboxylic acids is 1. The number of amides is 1. The lowest BCUT2D eigenvalue weighted by molar-refractivity contribution is -0.133. The largest absolute Gasteiger partial charge is 0.493 e. The number of ether oxygens (including phenoxy) is 2. The number of allylic oxidation sites excluding steroid dienone is 1. The summed E-state index contributed by atoms with van der Waals surface area (Å²) in [7, 11) is 3.34. The molecule has 0 aliphatic carbocycles. The van der Waals surface area contributed by atoms with Gasteiger partial charge < -0.3 is 20.1 Å². The van der Waals surface area contributed by atoms with E-state index in [1.54, 1.807) is 19.1 Å². The van der Waals surface area contributed by atoms with Crippen LogP contribution in [0.15, 0.2) is 24.3 Å². The average Bonchev–Trinajstić information content (AvgIpc) is 2.53. The van der Waals surface area contributed by atoms with E-state index in [2.05, 4.69) is 0 Å². The zero-order valence-electron chi connectivity index (χ0n) is 14.8. The first-order valence-electron chi connectivity index (χ1n) is 7.70. The molecule has 0 fully saturated rings. The summed E-state index contributed by atoms with van der Waals surface area (Å²) in [6, 6.07) is 5.61. The van der Waals surface area contributed by atoms with Gasteiger partial charge in [0.1, 0.15) is 0 Å². The van der Waals surface area contributed by atoms with E-state index in [4.69, 9.17) is 15.2 Å². The zero-order chi connectivity index (χ0) is 17.5. The Kier molecular flexibility index (Phi) is 7.10. The van der Waals surface area contributed by atoms with Crippen molar-refractivity contribution in [3.05, 3.63) is 29.8 Å². The Hall–Kier alpha value is -2.01. The van der Waals surface area contributed by atoms with E-state index in [0.717, 1.165) is 5.56 Å². The number of hydrogen-bond acceptors (Lipinski definition) is 4. The standard InChI is InChI=1S/C18H28N2O3/c1-6-7-14-8-9-15(16(10-14)22-5)23-11-17(21)20(4)13-18(2,3)12-19/h6-10H,11-13,19H2,1-5H3/b7-6+. The number of rotatable bonds is 8. The van der Waals surface area contributed by atoms with Gasteiger partial charge in [-0.1, -0.05) is 32.1 Å². The summed E-state index contributed by atoms with van der Waals surface area (Å²) < 4.78 is 10.9. The highest BCUT2D eigenvalue weighted by Gasteiger charge is 2.21. The van der Waals surface area contributed by atoms with Gasteiger partial charge in [-0.15, -0.1) is 0 Å². The molecule has 1 aromatic rings. The summed E-state index contributed by atoms with van der Waals surface area (Å²) in [5.74, 6) is 1.07. The Morgan fingerprint density at radius 1 is 1.35 bits per heavy atom. The van der Waals surface area contributed by atoms with Gasteiger partial charge in [0, 0.05) is 13.6 Å². The van der Waals surface area contributed by atoms with Gasteiger partial charge in [-0.3, -0.25) is 4.79 Å². The van der Waals surface area contributed by atoms with Crippen molar-refractivity contribution in [2.45, 2.75) is 20.8 Å². The van der Waals surface area contributed by atoms with Crippen molar-refractivity contribution in [1.29, 1.82) is 0 Å². The van der Waals surface area contributed by atoms with Gasteiger partial charge in [-0.2, -0.15) is 0 Å². The minimum absolute atomic E-state index is 0.0313. The number of benzene rings is 1. The molecule has 0 atom stereocenters. The van der Waals surface area contributed by atoms with E-state index in [1.165, 1.54) is 0 Å². The molecule has 23 heavy (non-hydrogen) atoms. The van der Waals surface area contributed by atoms with Gasteiger partial charge in [0.25, 0.3) is 5.91 Å². The molecule has 128 valence electrons. The number of likely N-dealkylation sites (N-methyl/N-ethyl adjacent to an activating group) is 1. The van der Waals surface area contributed by atoms with Crippen molar-refractivity contribution in [2.24, 2.45) is 11.1 Å². The van der Waals surface area contributed by atoms with Crippen LogP contribution in [0.5, 0.6) is 11.5 Å². The topological polar surface area (TPSA) is 64.8 Å². The molecule has 0 saturated carbocycles. The molecule has 0 spiro atoms. The van der Waals surface area contributed by atoms with Crippen LogP contribution >= 0.6 is 0 Å². The Morgan fingerprint density at radius 3 is 2.61 bits per heavy atom. The second-order valence-corrected chi connectivity index (χ2v) is 6.32. The van der Waals surface area contributed by atoms with Gasteiger partial charge in [0.2, 0.25) is 0 Å². The first kappa shape index (κ1) is 19.0. The Morgan fingerprint density at radius 2 is 2.04 bits per heavy atom. The quantitative estimate of drug-likeness (QED) is 0.799. The lowest BCUT2D eigenvalue weighted by Gasteiger charge is -2.29. The fraction of sp³-hybridized carbons (Fsp3) is 0.500. The van der Waals surface area contributed by atoms with Gasteiger partial charge in [0.05, 0.1) is 7.11 Å². The Bertz CT molecular complexity index is 553. The second-order valence-electron chi connectivity index (χ2n) is 6.32. The molecule has 0 bridgehead atoms. The summed E-state index contributed by atoms with van der Waals surface area (Å²) in [6.07, 6.45) is 3.92. The predicted molar refractivity (Wildman–Crippen MR) is 93.7 cm³/mol. The van der Waals surface area contributed by atoms with Crippen molar-refractivity contribution >= 4 is 12.0 Å². The summed E-state index contributed by atoms with van der Waals surface area (Å²) in [5.41, 5.74) is 6.61. The zero-order valence-corrected chi connectivity index (χ0v) is 14.8. The molecule has 0 saturated heterocycles. The van der Waals surface area contributed by atoms with Crippen LogP contribution < -0.4 is 15.2 Å². The summed E-state index contributed by atoms with van der Waals surface area (Å²) >= 11 is 0. The molecular formula is C18H28N2O3. The van der Waals surface area contributed by atoms with Crippen LogP contribution in [0.4, 0.5) is 0 Å². The van der Waals surface area contributed by atoms with E-state index in [9.17, 15) is 4.79 Å². The van der Waals surface area contributed by atoms with Crippen LogP contribution in [0, 0.1) is 5.41 Å². The van der Waals surface area contributed by atoms with Crippen LogP contribution in [0.3, 0.4) is 0 Å². The lowest BCUT2D eigenvalue weighted by atomic mass is 9.93. The molecule has 5 heteroatoms. The van der Waals surface area contributed by atoms with Crippen molar-refractivity contribution in [3.8, 4) is 11.5 Å². The maximum absolute atomic E-state index is 12.2. The fourth-order valence-corrected chi connectivity index (χ4v) is 2.14. The highest BCUT2D eigenvalue weighted by atomic mass is 16.5. The molecule has 0 radical (unpaired) electrons. The van der Waals surface area contributed by atoms with Crippen molar-refractivity contribution < 1.29 is 14.3 Å². The minimum Gasteiger partial charge on any atom is -0.493 e. The van der Waals surface area contributed by atoms with Crippen LogP contribution in [0.2, 0.25) is 0 Å². The predicted octanol–water partition coefficient (Wildman–Crippen LogP) is 2.55. The van der Waals surface area contributed by atoms with Crippen molar-refractivity contribution in [1.82, 2.24) is 4.90 Å². The van der Waals surface area contributed by atoms with Crippen LogP contribution in [0.25, 0.3) is 6.08 Å². The summed E-state index contributed by atoms with van der Waals surface area (Å²) in [5, 5.41) is 0. The first-order valence-corrected chi connectivity index (χ1v) is 7.70. The van der Waals surface area contributed by atoms with E-state index >= 15 is 0 Å². The van der Waals surface area contributed by atoms with Crippen LogP contribution in [-0.4, -0.2) is 44.7 Å². The molecule has 2 N–H and O–H groups in total. The van der Waals surface area contributed by atoms with E-state index < -0.39 is 0 Å². The third-order valence-corrected chi connectivity index (χ3v) is 3.54. The summed E-state index contributed by atoms with van der Waals surface area (Å²) in [6.45, 7) is 7.08. The first-order chi connectivity index (χ1) is 10.8. The molecule has 5 nitrogen and oxygen atoms in total. The molecule has 0 aliphatic rings. The lowest BCUT2D eigenvalue weighted by Crippen LogP contribution is -2.41. The Balaban J connectivity index is 2.68. The van der Waals surface area contributed by atoms with E-state index in [0.29, 0.717) is 24.6 Å². The van der Waals surface area contributed by atoms with E-state index in [-0.39, 0.29) is 17.9 Å². The smallest absolute Gasteiger partial charge is 0.260 e. The maximum atomic E-state index is 12.2. The number of nitrogens with two attached hydrogens (primary N) is 1. The Labute approximate surface area is 139 Å². The van der Waals surface area contributed by atoms with Gasteiger partial charge in [-0.25, -0.2) is 0 Å². The SMILES string of the molecule is C/C=C/c1ccc(OCC(=O)N(C)CC(C)(C)CN)c(OC)c1. The molecule has 1 rings (SSSR count). The molecular weight excluding hydrogens is 292 g/mol. The molecule has 0 unspecified atom stereocenters. The molecule has 0 aliphatic heterocycles. The third kappa shape index (κ3) is 5.94. The minimum atomic E-state index is -0.115. The van der Waals surface area contributed by atoms with Gasteiger partial charge in [-0.05, 0) is 36.6 Å². The normalized spacial score (nSPS) is 11.6. The van der Waals surface area contributed by atoms with Gasteiger partial charge in [0.15, 0.2) is 18.1 Å². The third-order valence-electron chi connectivity index (χ3n) is 3.54. The molecule has 1 amide bonds. The average molecular weight is 320 g/mol. The summed E-state index contributed by atoms with van der Waals surface area (Å²) in [4.78, 5) is 13.8. The molecule has 1 aromatic carbocycles. The molecule has 0 heterocycles. The number of nitrogens with zero attached hydrogens (tertiary/aromatic N) is 1. The fourth-order valence-electron chi connectivity index (χ4n) is 2.14. The monoisotopic (exact) mass is 320 g/mol. The van der Waals surface area contributed by atoms with Gasteiger partial charge >= 0.3 is 0 Å². The van der Waals surface area contributed by atoms with Crippen LogP contribution in [-0.2, 0) is 4.79 Å². The molecule has 0 aromatic heterocycles. The van der Waals surface area contributed by atoms with E-state index in [1.807, 2.05) is 51.1 Å². The maximum Gasteiger partial charge on any atom is 0.260 e. The number of carbonyl (C=O) groups is 1. The number of hydrogen-bond donors (Lipinski definition) is 1. The highest BCUT2D eigenvalue weighted by Crippen LogP contribution is 2.28. The van der Waals surface area contributed by atoms with Crippen molar-refractivity contribution in [3.63, 3.8) is 0 Å². The number of methoxy groups -OCH3 is 1. The van der Waals surface area contributed by atoms with Crippen LogP contribution in [0.1, 0.15) is 26.3 Å². The second kappa shape index (κ2) is 8.58.